The number of aryl methyl sites for hydroxylation is 1. The molecule has 2 fully saturated rings. The van der Waals surface area contributed by atoms with Gasteiger partial charge in [-0.05, 0) is 111 Å². The number of thiazole rings is 1. The second-order valence-corrected chi connectivity index (χ2v) is 21.0. The number of carbonyl (C=O) groups excluding carboxylic acids is 4. The van der Waals surface area contributed by atoms with Gasteiger partial charge in [0.25, 0.3) is 5.91 Å². The van der Waals surface area contributed by atoms with Crippen molar-refractivity contribution in [1.82, 2.24) is 20.1 Å². The van der Waals surface area contributed by atoms with Gasteiger partial charge in [-0.1, -0.05) is 51.1 Å². The lowest BCUT2D eigenvalue weighted by atomic mass is 10.00. The Kier molecular flexibility index (Phi) is 17.0. The number of alkyl halides is 3. The lowest BCUT2D eigenvalue weighted by Gasteiger charge is -2.35. The van der Waals surface area contributed by atoms with Gasteiger partial charge in [-0.15, -0.1) is 11.3 Å². The van der Waals surface area contributed by atoms with E-state index in [1.54, 1.807) is 76.5 Å². The smallest absolute Gasteiger partial charge is 0.417 e. The van der Waals surface area contributed by atoms with Gasteiger partial charge in [0.2, 0.25) is 17.7 Å². The van der Waals surface area contributed by atoms with Crippen LogP contribution in [0.4, 0.5) is 30.2 Å². The van der Waals surface area contributed by atoms with Gasteiger partial charge in [-0.2, -0.15) is 18.4 Å². The summed E-state index contributed by atoms with van der Waals surface area (Å²) in [5.41, 5.74) is 3.03. The van der Waals surface area contributed by atoms with E-state index in [0.717, 1.165) is 38.7 Å². The maximum Gasteiger partial charge on any atom is 0.417 e. The van der Waals surface area contributed by atoms with Crippen LogP contribution < -0.4 is 24.6 Å². The van der Waals surface area contributed by atoms with Crippen LogP contribution in [0.3, 0.4) is 0 Å². The molecule has 1 N–H and O–H groups in total. The van der Waals surface area contributed by atoms with E-state index in [-0.39, 0.29) is 98.8 Å². The van der Waals surface area contributed by atoms with Gasteiger partial charge in [-0.25, -0.2) is 9.83 Å². The summed E-state index contributed by atoms with van der Waals surface area (Å²) in [6.45, 7) is 20.7. The highest BCUT2D eigenvalue weighted by molar-refractivity contribution is 7.81. The zero-order chi connectivity index (χ0) is 55.3. The van der Waals surface area contributed by atoms with Crippen LogP contribution >= 0.6 is 23.6 Å². The number of aromatic nitrogens is 1. The van der Waals surface area contributed by atoms with Crippen LogP contribution in [-0.4, -0.2) is 107 Å². The number of fused-ring (bicyclic) bond motifs is 1. The Bertz CT molecular complexity index is 3150. The summed E-state index contributed by atoms with van der Waals surface area (Å²) in [7, 11) is 0. The Hall–Kier alpha value is -7.43. The summed E-state index contributed by atoms with van der Waals surface area (Å²) < 4.78 is 65.0. The van der Waals surface area contributed by atoms with Crippen molar-refractivity contribution in [3.63, 3.8) is 0 Å². The Balaban J connectivity index is 0.803. The SMILES string of the molecule is [C-]#[N+]c1cccc2c1C(=O)N(C(C(=O)N1C[C@H](C)C[C@H]1C(=O)NCc1ccc(-c3scnc3C)cc1OCCOCCOCCOc1ccc(N3C(=S)N(c4ccc(C#N)c(C(F)(F)F)c4)C(=O)C3(C)C)cc1)C(C)C)C2. The number of nitriles is 1. The van der Waals surface area contributed by atoms with E-state index in [1.165, 1.54) is 17.4 Å². The number of benzene rings is 4. The molecule has 5 aromatic rings. The molecule has 0 saturated carbocycles. The van der Waals surface area contributed by atoms with E-state index in [4.69, 9.17) is 37.7 Å². The van der Waals surface area contributed by atoms with Crippen molar-refractivity contribution in [2.75, 3.05) is 56.0 Å². The Labute approximate surface area is 454 Å². The molecule has 8 rings (SSSR count). The van der Waals surface area contributed by atoms with Crippen LogP contribution in [0.2, 0.25) is 0 Å². The number of rotatable bonds is 20. The number of thiocarbonyl (C=S) groups is 1. The topological polar surface area (TPSA) is 171 Å². The quantitative estimate of drug-likeness (QED) is 0.0446. The maximum atomic E-state index is 14.5. The van der Waals surface area contributed by atoms with E-state index in [2.05, 4.69) is 15.1 Å². The molecule has 1 aromatic heterocycles. The molecule has 1 unspecified atom stereocenters. The van der Waals surface area contributed by atoms with Crippen LogP contribution in [0, 0.1) is 36.7 Å². The molecule has 2 saturated heterocycles. The first-order valence-electron chi connectivity index (χ1n) is 25.0. The van der Waals surface area contributed by atoms with Crippen LogP contribution in [-0.2, 0) is 43.1 Å². The van der Waals surface area contributed by atoms with Gasteiger partial charge >= 0.3 is 6.18 Å². The highest BCUT2D eigenvalue weighted by atomic mass is 32.1. The molecule has 3 atom stereocenters. The predicted molar refractivity (Wildman–Crippen MR) is 286 cm³/mol. The molecule has 0 bridgehead atoms. The molecule has 3 aliphatic heterocycles. The summed E-state index contributed by atoms with van der Waals surface area (Å²) in [5.74, 6) is -0.646. The van der Waals surface area contributed by atoms with Crippen molar-refractivity contribution < 1.29 is 51.3 Å². The first-order valence-corrected chi connectivity index (χ1v) is 26.3. The molecule has 77 heavy (non-hydrogen) atoms. The Morgan fingerprint density at radius 3 is 2.31 bits per heavy atom. The highest BCUT2D eigenvalue weighted by Gasteiger charge is 2.51. The number of nitrogens with one attached hydrogen (secondary N) is 1. The third-order valence-electron chi connectivity index (χ3n) is 13.7. The number of hydrogen-bond acceptors (Lipinski definition) is 12. The fraction of sp³-hybridized carbons (Fsp3) is 0.393. The summed E-state index contributed by atoms with van der Waals surface area (Å²) >= 11 is 7.15. The van der Waals surface area contributed by atoms with Crippen LogP contribution in [0.1, 0.15) is 79.3 Å². The van der Waals surface area contributed by atoms with Crippen molar-refractivity contribution in [3.05, 3.63) is 129 Å². The minimum Gasteiger partial charge on any atom is -0.491 e. The fourth-order valence-corrected chi connectivity index (χ4v) is 11.2. The average molecular weight is 1090 g/mol. The van der Waals surface area contributed by atoms with Gasteiger partial charge < -0.3 is 39.0 Å². The third kappa shape index (κ3) is 11.8. The number of carbonyl (C=O) groups is 4. The molecule has 16 nitrogen and oxygen atoms in total. The molecular formula is C56H57F3N8O8S2. The largest absolute Gasteiger partial charge is 0.491 e. The van der Waals surface area contributed by atoms with Crippen molar-refractivity contribution in [2.45, 2.75) is 84.9 Å². The van der Waals surface area contributed by atoms with Crippen LogP contribution in [0.5, 0.6) is 11.5 Å². The zero-order valence-electron chi connectivity index (χ0n) is 43.3. The normalized spacial score (nSPS) is 17.4. The molecule has 0 spiro atoms. The minimum atomic E-state index is -4.81. The first-order chi connectivity index (χ1) is 36.7. The third-order valence-corrected chi connectivity index (χ3v) is 15.1. The van der Waals surface area contributed by atoms with E-state index >= 15 is 0 Å². The van der Waals surface area contributed by atoms with Crippen molar-refractivity contribution in [3.8, 4) is 28.0 Å². The summed E-state index contributed by atoms with van der Waals surface area (Å²) in [6.07, 6.45) is -4.35. The lowest BCUT2D eigenvalue weighted by molar-refractivity contribution is -0.143. The number of ether oxygens (including phenoxy) is 4. The molecule has 21 heteroatoms. The Morgan fingerprint density at radius 1 is 0.974 bits per heavy atom. The number of anilines is 2. The number of halogens is 3. The molecule has 0 aliphatic carbocycles. The number of likely N-dealkylation sites (tertiary alicyclic amines) is 1. The van der Waals surface area contributed by atoms with Crippen LogP contribution in [0.25, 0.3) is 15.3 Å². The minimum absolute atomic E-state index is 0.0187. The van der Waals surface area contributed by atoms with Crippen molar-refractivity contribution in [2.24, 2.45) is 11.8 Å². The van der Waals surface area contributed by atoms with Gasteiger partial charge in [0, 0.05) is 30.9 Å². The Morgan fingerprint density at radius 2 is 1.66 bits per heavy atom. The predicted octanol–water partition coefficient (Wildman–Crippen LogP) is 9.50. The standard InChI is InChI=1S/C56H57F3N8O8S2/c1-33(2)48(65-31-39-9-8-10-44(61-7)47(39)51(65)69)52(70)64-30-34(3)25-45(64)50(68)62-29-38-12-11-36(49-35(4)63-32-77-49)26-46(38)75-24-22-73-20-19-72-21-23-74-42-17-15-40(16-18-42)67-54(76)66(53(71)55(67,5)6)41-14-13-37(28-60)43(27-41)56(57,58)59/h8-18,26-27,32-34,45,48H,19-25,29-31H2,1-6H3,(H,62,68)/t34-,45+,48?/m1/s1. The summed E-state index contributed by atoms with van der Waals surface area (Å²) in [5, 5.41) is 12.3. The van der Waals surface area contributed by atoms with Gasteiger partial charge in [0.1, 0.15) is 42.3 Å². The van der Waals surface area contributed by atoms with Gasteiger partial charge in [0.15, 0.2) is 10.8 Å². The van der Waals surface area contributed by atoms with Crippen LogP contribution in [0.15, 0.2) is 84.4 Å². The molecule has 4 heterocycles. The molecule has 4 aromatic carbocycles. The second kappa shape index (κ2) is 23.4. The van der Waals surface area contributed by atoms with Gasteiger partial charge in [0.05, 0.1) is 77.5 Å². The van der Waals surface area contributed by atoms with Crippen molar-refractivity contribution >= 4 is 69.4 Å². The fourth-order valence-electron chi connectivity index (χ4n) is 9.93. The lowest BCUT2D eigenvalue weighted by Crippen LogP contribution is -2.55. The van der Waals surface area contributed by atoms with E-state index in [1.807, 2.05) is 52.0 Å². The number of hydrogen-bond donors (Lipinski definition) is 1. The van der Waals surface area contributed by atoms with E-state index < -0.39 is 40.8 Å². The highest BCUT2D eigenvalue weighted by Crippen LogP contribution is 2.41. The molecule has 402 valence electrons. The molecule has 3 aliphatic rings. The number of nitrogens with zero attached hydrogens (tertiary/aromatic N) is 7. The molecular weight excluding hydrogens is 1030 g/mol. The summed E-state index contributed by atoms with van der Waals surface area (Å²) in [6, 6.07) is 20.7. The second-order valence-electron chi connectivity index (χ2n) is 19.8. The van der Waals surface area contributed by atoms with Gasteiger partial charge in [-0.3, -0.25) is 24.1 Å². The summed E-state index contributed by atoms with van der Waals surface area (Å²) in [4.78, 5) is 70.5. The molecule has 4 amide bonds. The molecule has 0 radical (unpaired) electrons. The van der Waals surface area contributed by atoms with Crippen molar-refractivity contribution in [1.29, 1.82) is 5.26 Å². The van der Waals surface area contributed by atoms with E-state index in [9.17, 15) is 37.6 Å². The average Bonchev–Trinajstić information content (AvgIpc) is 4.28. The maximum absolute atomic E-state index is 14.5. The monoisotopic (exact) mass is 1090 g/mol. The number of amides is 4. The zero-order valence-corrected chi connectivity index (χ0v) is 44.9. The first kappa shape index (κ1) is 55.8. The van der Waals surface area contributed by atoms with E-state index in [0.29, 0.717) is 41.3 Å².